The highest BCUT2D eigenvalue weighted by atomic mass is 31.1. The summed E-state index contributed by atoms with van der Waals surface area (Å²) in [5, 5.41) is 3.82. The van der Waals surface area contributed by atoms with Crippen LogP contribution in [0.2, 0.25) is 0 Å². The van der Waals surface area contributed by atoms with Crippen molar-refractivity contribution < 1.29 is 9.47 Å². The van der Waals surface area contributed by atoms with Gasteiger partial charge in [-0.25, -0.2) is 4.99 Å². The van der Waals surface area contributed by atoms with E-state index in [4.69, 9.17) is 14.5 Å². The number of hydrogen-bond acceptors (Lipinski definition) is 3. The van der Waals surface area contributed by atoms with E-state index in [1.807, 2.05) is 12.1 Å². The third kappa shape index (κ3) is 4.84. The van der Waals surface area contributed by atoms with Crippen LogP contribution in [0.4, 0.5) is 0 Å². The fourth-order valence-corrected chi connectivity index (χ4v) is 6.56. The predicted octanol–water partition coefficient (Wildman–Crippen LogP) is 4.84. The van der Waals surface area contributed by atoms with Gasteiger partial charge in [0.1, 0.15) is 12.4 Å². The molecule has 0 bridgehead atoms. The highest BCUT2D eigenvalue weighted by molar-refractivity contribution is 7.80. The minimum atomic E-state index is -0.779. The monoisotopic (exact) mass is 451 g/mol. The number of nitrogens with zero attached hydrogens (tertiary/aromatic N) is 1. The van der Waals surface area contributed by atoms with Crippen molar-refractivity contribution in [2.45, 2.75) is 12.5 Å². The first-order chi connectivity index (χ1) is 16.3. The smallest absolute Gasteiger partial charge is 0.217 e. The van der Waals surface area contributed by atoms with Crippen molar-refractivity contribution in [2.75, 3.05) is 13.7 Å². The third-order valence-corrected chi connectivity index (χ3v) is 8.23. The quantitative estimate of drug-likeness (QED) is 0.377. The fraction of sp³-hybridized carbons (Fsp3) is 0.138. The largest absolute Gasteiger partial charge is 0.497 e. The first-order valence-corrected chi connectivity index (χ1v) is 12.5. The van der Waals surface area contributed by atoms with Gasteiger partial charge in [0.2, 0.25) is 5.90 Å². The van der Waals surface area contributed by atoms with Crippen molar-refractivity contribution in [1.29, 1.82) is 0 Å². The van der Waals surface area contributed by atoms with Gasteiger partial charge in [-0.1, -0.05) is 91.0 Å². The maximum atomic E-state index is 6.19. The molecule has 0 radical (unpaired) electrons. The van der Waals surface area contributed by atoms with Crippen molar-refractivity contribution >= 4 is 29.7 Å². The lowest BCUT2D eigenvalue weighted by Crippen LogP contribution is -2.25. The van der Waals surface area contributed by atoms with Crippen LogP contribution in [0.15, 0.2) is 114 Å². The Kier molecular flexibility index (Phi) is 6.51. The number of benzene rings is 4. The molecular weight excluding hydrogens is 425 g/mol. The van der Waals surface area contributed by atoms with Gasteiger partial charge in [0.25, 0.3) is 0 Å². The molecule has 4 heteroatoms. The molecule has 1 aliphatic heterocycles. The Morgan fingerprint density at radius 3 is 2.03 bits per heavy atom. The summed E-state index contributed by atoms with van der Waals surface area (Å²) in [6, 6.07) is 38.3. The lowest BCUT2D eigenvalue weighted by atomic mass is 10.1. The van der Waals surface area contributed by atoms with Gasteiger partial charge in [0.15, 0.2) is 0 Å². The fourth-order valence-electron chi connectivity index (χ4n) is 4.14. The van der Waals surface area contributed by atoms with Gasteiger partial charge in [0.05, 0.1) is 13.2 Å². The Balaban J connectivity index is 1.58. The zero-order valence-corrected chi connectivity index (χ0v) is 19.5. The maximum Gasteiger partial charge on any atom is 0.217 e. The number of ether oxygens (including phenoxy) is 2. The molecular formula is C29H26NO2P. The summed E-state index contributed by atoms with van der Waals surface area (Å²) in [7, 11) is 0.921. The van der Waals surface area contributed by atoms with E-state index in [9.17, 15) is 0 Å². The Labute approximate surface area is 196 Å². The predicted molar refractivity (Wildman–Crippen MR) is 138 cm³/mol. The van der Waals surface area contributed by atoms with Gasteiger partial charge in [-0.3, -0.25) is 0 Å². The summed E-state index contributed by atoms with van der Waals surface area (Å²) in [4.78, 5) is 5.01. The zero-order valence-electron chi connectivity index (χ0n) is 18.6. The summed E-state index contributed by atoms with van der Waals surface area (Å²) in [5.74, 6) is 1.52. The number of aliphatic imine (C=N–C) groups is 1. The van der Waals surface area contributed by atoms with Crippen LogP contribution in [0.1, 0.15) is 11.1 Å². The minimum absolute atomic E-state index is 0.112. The van der Waals surface area contributed by atoms with Crippen LogP contribution >= 0.6 is 7.92 Å². The van der Waals surface area contributed by atoms with E-state index in [2.05, 4.69) is 97.1 Å². The van der Waals surface area contributed by atoms with Crippen LogP contribution in [-0.4, -0.2) is 25.7 Å². The molecule has 0 fully saturated rings. The molecule has 164 valence electrons. The lowest BCUT2D eigenvalue weighted by molar-refractivity contribution is 0.317. The Bertz CT molecular complexity index is 1190. The van der Waals surface area contributed by atoms with Crippen LogP contribution in [0, 0.1) is 0 Å². The normalized spacial score (nSPS) is 15.2. The summed E-state index contributed by atoms with van der Waals surface area (Å²) < 4.78 is 11.8. The molecule has 0 unspecified atom stereocenters. The average Bonchev–Trinajstić information content (AvgIpc) is 3.34. The number of rotatable bonds is 7. The molecule has 3 nitrogen and oxygen atoms in total. The molecule has 1 atom stereocenters. The third-order valence-electron chi connectivity index (χ3n) is 5.73. The van der Waals surface area contributed by atoms with E-state index in [1.54, 1.807) is 7.11 Å². The Morgan fingerprint density at radius 2 is 1.42 bits per heavy atom. The standard InChI is InChI=1S/C29H26NO2P/c1-31-24-17-18-28(33(25-13-7-3-8-14-25)26-15-9-4-10-16-26)27(20-24)29-30-23(21-32-29)19-22-11-5-2-6-12-22/h2-18,20,23H,19,21H2,1H3/t23-/m0/s1. The van der Waals surface area contributed by atoms with Crippen molar-refractivity contribution in [3.8, 4) is 5.75 Å². The lowest BCUT2D eigenvalue weighted by Gasteiger charge is -2.22. The van der Waals surface area contributed by atoms with Gasteiger partial charge < -0.3 is 9.47 Å². The molecule has 0 spiro atoms. The summed E-state index contributed by atoms with van der Waals surface area (Å²) in [6.45, 7) is 0.593. The molecule has 4 aromatic carbocycles. The molecule has 0 saturated heterocycles. The molecule has 0 amide bonds. The van der Waals surface area contributed by atoms with Gasteiger partial charge >= 0.3 is 0 Å². The highest BCUT2D eigenvalue weighted by Crippen LogP contribution is 2.36. The van der Waals surface area contributed by atoms with E-state index in [1.165, 1.54) is 21.5 Å². The summed E-state index contributed by atoms with van der Waals surface area (Å²) in [6.07, 6.45) is 0.871. The molecule has 4 aromatic rings. The van der Waals surface area contributed by atoms with Crippen molar-refractivity contribution in [3.05, 3.63) is 120 Å². The van der Waals surface area contributed by atoms with Crippen molar-refractivity contribution in [2.24, 2.45) is 4.99 Å². The number of methoxy groups -OCH3 is 1. The second-order valence-electron chi connectivity index (χ2n) is 7.98. The molecule has 0 N–H and O–H groups in total. The molecule has 0 aliphatic carbocycles. The number of hydrogen-bond donors (Lipinski definition) is 0. The van der Waals surface area contributed by atoms with Gasteiger partial charge in [0, 0.05) is 5.56 Å². The van der Waals surface area contributed by atoms with E-state index < -0.39 is 7.92 Å². The van der Waals surface area contributed by atoms with Gasteiger partial charge in [-0.15, -0.1) is 0 Å². The molecule has 0 saturated carbocycles. The summed E-state index contributed by atoms with van der Waals surface area (Å²) >= 11 is 0. The van der Waals surface area contributed by atoms with Crippen LogP contribution in [0.3, 0.4) is 0 Å². The second kappa shape index (κ2) is 10.0. The topological polar surface area (TPSA) is 30.8 Å². The first kappa shape index (κ1) is 21.4. The summed E-state index contributed by atoms with van der Waals surface area (Å²) in [5.41, 5.74) is 2.29. The SMILES string of the molecule is COc1ccc(P(c2ccccc2)c2ccccc2)c(C2=N[C@@H](Cc3ccccc3)CO2)c1. The molecule has 33 heavy (non-hydrogen) atoms. The minimum Gasteiger partial charge on any atom is -0.497 e. The first-order valence-electron chi connectivity index (χ1n) is 11.1. The van der Waals surface area contributed by atoms with Crippen LogP contribution in [0.25, 0.3) is 0 Å². The van der Waals surface area contributed by atoms with E-state index >= 15 is 0 Å². The Morgan fingerprint density at radius 1 is 0.818 bits per heavy atom. The van der Waals surface area contributed by atoms with E-state index in [0.717, 1.165) is 17.7 Å². The molecule has 0 aromatic heterocycles. The molecule has 1 heterocycles. The molecule has 5 rings (SSSR count). The second-order valence-corrected chi connectivity index (χ2v) is 10.2. The van der Waals surface area contributed by atoms with E-state index in [0.29, 0.717) is 12.5 Å². The highest BCUT2D eigenvalue weighted by Gasteiger charge is 2.27. The average molecular weight is 452 g/mol. The van der Waals surface area contributed by atoms with E-state index in [-0.39, 0.29) is 6.04 Å². The van der Waals surface area contributed by atoms with Crippen LogP contribution < -0.4 is 20.7 Å². The maximum absolute atomic E-state index is 6.19. The van der Waals surface area contributed by atoms with Crippen LogP contribution in [0.5, 0.6) is 5.75 Å². The van der Waals surface area contributed by atoms with Crippen molar-refractivity contribution in [3.63, 3.8) is 0 Å². The van der Waals surface area contributed by atoms with Gasteiger partial charge in [-0.05, 0) is 54.0 Å². The van der Waals surface area contributed by atoms with Crippen LogP contribution in [-0.2, 0) is 11.2 Å². The van der Waals surface area contributed by atoms with Crippen molar-refractivity contribution in [1.82, 2.24) is 0 Å². The Hall–Kier alpha value is -3.42. The zero-order chi connectivity index (χ0) is 22.5. The van der Waals surface area contributed by atoms with Gasteiger partial charge in [-0.2, -0.15) is 0 Å². The molecule has 1 aliphatic rings.